The number of likely N-dealkylation sites (tertiary alicyclic amines) is 1. The van der Waals surface area contributed by atoms with Gasteiger partial charge in [0.2, 0.25) is 0 Å². The quantitative estimate of drug-likeness (QED) is 0.425. The predicted molar refractivity (Wildman–Crippen MR) is 133 cm³/mol. The molecule has 192 valence electrons. The number of carbonyl (C=O) groups excluding carboxylic acids is 2. The Morgan fingerprint density at radius 2 is 2.05 bits per heavy atom. The van der Waals surface area contributed by atoms with Crippen LogP contribution in [0.1, 0.15) is 51.8 Å². The minimum Gasteiger partial charge on any atom is -0.460 e. The Labute approximate surface area is 211 Å². The number of benzene rings is 1. The number of aryl methyl sites for hydroxylation is 2. The molecule has 0 radical (unpaired) electrons. The smallest absolute Gasteiger partial charge is 0.256 e. The van der Waals surface area contributed by atoms with Gasteiger partial charge in [-0.25, -0.2) is 8.91 Å². The summed E-state index contributed by atoms with van der Waals surface area (Å²) in [5, 5.41) is 17.5. The van der Waals surface area contributed by atoms with Crippen LogP contribution in [0.2, 0.25) is 0 Å². The van der Waals surface area contributed by atoms with E-state index in [1.807, 2.05) is 13.8 Å². The maximum absolute atomic E-state index is 13.6. The van der Waals surface area contributed by atoms with Crippen LogP contribution in [0.25, 0.3) is 16.5 Å². The van der Waals surface area contributed by atoms with Crippen LogP contribution >= 0.6 is 0 Å². The van der Waals surface area contributed by atoms with Gasteiger partial charge in [-0.3, -0.25) is 9.59 Å². The van der Waals surface area contributed by atoms with Crippen LogP contribution in [0.3, 0.4) is 0 Å². The van der Waals surface area contributed by atoms with E-state index >= 15 is 0 Å². The molecular formula is C27H27FN4O5. The van der Waals surface area contributed by atoms with E-state index in [2.05, 4.69) is 10.4 Å². The van der Waals surface area contributed by atoms with Crippen molar-refractivity contribution in [3.05, 3.63) is 59.1 Å². The second-order valence-electron chi connectivity index (χ2n) is 9.89. The fourth-order valence-electron chi connectivity index (χ4n) is 5.07. The number of aliphatic hydroxyl groups excluding tert-OH is 1. The lowest BCUT2D eigenvalue weighted by Crippen LogP contribution is -2.60. The summed E-state index contributed by atoms with van der Waals surface area (Å²) in [7, 11) is 0. The summed E-state index contributed by atoms with van der Waals surface area (Å²) in [5.74, 6) is 0.922. The largest absolute Gasteiger partial charge is 0.460 e. The van der Waals surface area contributed by atoms with Gasteiger partial charge in [-0.1, -0.05) is 0 Å². The van der Waals surface area contributed by atoms with Crippen molar-refractivity contribution in [2.75, 3.05) is 6.54 Å². The van der Waals surface area contributed by atoms with E-state index < -0.39 is 18.3 Å². The molecule has 0 unspecified atom stereocenters. The number of β-amino-alcohol motifs (C(OH)–C–C–N with tert-alkyl or cyclic N) is 1. The molecule has 4 atom stereocenters. The molecule has 2 fully saturated rings. The van der Waals surface area contributed by atoms with Crippen molar-refractivity contribution in [3.63, 3.8) is 0 Å². The number of nitrogens with one attached hydrogen (secondary N) is 1. The summed E-state index contributed by atoms with van der Waals surface area (Å²) in [6.45, 7) is 5.67. The fraction of sp³-hybridized carbons (Fsp3) is 0.370. The van der Waals surface area contributed by atoms with E-state index in [-0.39, 0.29) is 17.9 Å². The number of ether oxygens (including phenoxy) is 1. The first-order valence-electron chi connectivity index (χ1n) is 12.3. The third-order valence-electron chi connectivity index (χ3n) is 7.61. The molecule has 1 aromatic carbocycles. The highest BCUT2D eigenvalue weighted by molar-refractivity contribution is 6.07. The molecule has 2 N–H and O–H groups in total. The van der Waals surface area contributed by atoms with Crippen LogP contribution in [-0.2, 0) is 0 Å². The standard InChI is InChI=1S/C27H27FN4O5/c1-13-18(27(35)31-12-21(33)14(31)2)11-32-25(13)22(8-9-29-32)37-16-4-5-17-23(10-16)36-15(3)24(17)26(34)30-20-7-6-19(20)28/h4-5,8-11,14,19-21,33H,6-7,12H2,1-3H3,(H,30,34)/t14-,19+,20-,21+/m0/s1. The van der Waals surface area contributed by atoms with Gasteiger partial charge in [-0.15, -0.1) is 0 Å². The maximum Gasteiger partial charge on any atom is 0.256 e. The first-order chi connectivity index (χ1) is 17.7. The predicted octanol–water partition coefficient (Wildman–Crippen LogP) is 3.93. The second-order valence-corrected chi connectivity index (χ2v) is 9.89. The third-order valence-corrected chi connectivity index (χ3v) is 7.61. The average molecular weight is 507 g/mol. The number of aromatic nitrogens is 2. The van der Waals surface area contributed by atoms with Gasteiger partial charge in [0.25, 0.3) is 11.8 Å². The van der Waals surface area contributed by atoms with Crippen molar-refractivity contribution in [1.82, 2.24) is 19.8 Å². The lowest BCUT2D eigenvalue weighted by molar-refractivity contribution is -0.0357. The monoisotopic (exact) mass is 506 g/mol. The molecular weight excluding hydrogens is 479 g/mol. The van der Waals surface area contributed by atoms with Crippen LogP contribution in [0.5, 0.6) is 11.5 Å². The van der Waals surface area contributed by atoms with Crippen molar-refractivity contribution < 1.29 is 28.2 Å². The highest BCUT2D eigenvalue weighted by Gasteiger charge is 2.39. The summed E-state index contributed by atoms with van der Waals surface area (Å²) in [6, 6.07) is 6.21. The summed E-state index contributed by atoms with van der Waals surface area (Å²) >= 11 is 0. The zero-order valence-electron chi connectivity index (χ0n) is 20.7. The third kappa shape index (κ3) is 3.74. The highest BCUT2D eigenvalue weighted by Crippen LogP contribution is 2.35. The molecule has 4 heterocycles. The van der Waals surface area contributed by atoms with Gasteiger partial charge in [0, 0.05) is 30.3 Å². The van der Waals surface area contributed by atoms with E-state index in [4.69, 9.17) is 9.15 Å². The van der Waals surface area contributed by atoms with Gasteiger partial charge in [0.1, 0.15) is 28.8 Å². The number of aliphatic hydroxyl groups is 1. The zero-order chi connectivity index (χ0) is 26.0. The molecule has 4 aromatic rings. The van der Waals surface area contributed by atoms with Crippen molar-refractivity contribution in [1.29, 1.82) is 0 Å². The van der Waals surface area contributed by atoms with E-state index in [9.17, 15) is 19.1 Å². The molecule has 1 aliphatic carbocycles. The molecule has 1 saturated carbocycles. The van der Waals surface area contributed by atoms with Crippen LogP contribution in [0.15, 0.2) is 41.1 Å². The summed E-state index contributed by atoms with van der Waals surface area (Å²) in [4.78, 5) is 27.5. The van der Waals surface area contributed by atoms with Crippen molar-refractivity contribution in [3.8, 4) is 11.5 Å². The van der Waals surface area contributed by atoms with Crippen LogP contribution in [0, 0.1) is 13.8 Å². The minimum absolute atomic E-state index is 0.161. The summed E-state index contributed by atoms with van der Waals surface area (Å²) in [5.41, 5.74) is 2.73. The van der Waals surface area contributed by atoms with Gasteiger partial charge < -0.3 is 24.5 Å². The fourth-order valence-corrected chi connectivity index (χ4v) is 5.07. The molecule has 6 rings (SSSR count). The van der Waals surface area contributed by atoms with Crippen LogP contribution < -0.4 is 10.1 Å². The first-order valence-corrected chi connectivity index (χ1v) is 12.3. The molecule has 0 bridgehead atoms. The van der Waals surface area contributed by atoms with E-state index in [1.165, 1.54) is 0 Å². The van der Waals surface area contributed by atoms with Crippen molar-refractivity contribution >= 4 is 28.3 Å². The van der Waals surface area contributed by atoms with Gasteiger partial charge in [0.05, 0.1) is 35.5 Å². The number of rotatable bonds is 5. The van der Waals surface area contributed by atoms with Gasteiger partial charge in [-0.2, -0.15) is 5.10 Å². The Bertz CT molecular complexity index is 1560. The number of fused-ring (bicyclic) bond motifs is 2. The number of carbonyl (C=O) groups is 2. The van der Waals surface area contributed by atoms with E-state index in [0.29, 0.717) is 64.3 Å². The van der Waals surface area contributed by atoms with Crippen LogP contribution in [0.4, 0.5) is 4.39 Å². The molecule has 1 aliphatic heterocycles. The number of hydrogen-bond acceptors (Lipinski definition) is 6. The molecule has 2 aliphatic rings. The number of halogens is 1. The van der Waals surface area contributed by atoms with Gasteiger partial charge in [-0.05, 0) is 51.3 Å². The van der Waals surface area contributed by atoms with E-state index in [1.54, 1.807) is 53.0 Å². The minimum atomic E-state index is -1.01. The normalized spacial score (nSPS) is 23.1. The van der Waals surface area contributed by atoms with Gasteiger partial charge in [0.15, 0.2) is 5.75 Å². The zero-order valence-corrected chi connectivity index (χ0v) is 20.7. The number of hydrogen-bond donors (Lipinski definition) is 2. The Hall–Kier alpha value is -3.92. The Balaban J connectivity index is 1.29. The Kier molecular flexibility index (Phi) is 5.45. The van der Waals surface area contributed by atoms with Crippen molar-refractivity contribution in [2.45, 2.75) is 58.0 Å². The molecule has 2 amide bonds. The summed E-state index contributed by atoms with van der Waals surface area (Å²) < 4.78 is 27.3. The Morgan fingerprint density at radius 3 is 2.73 bits per heavy atom. The lowest BCUT2D eigenvalue weighted by Gasteiger charge is -2.43. The Morgan fingerprint density at radius 1 is 1.24 bits per heavy atom. The second kappa shape index (κ2) is 8.58. The highest BCUT2D eigenvalue weighted by atomic mass is 19.1. The number of amides is 2. The van der Waals surface area contributed by atoms with Gasteiger partial charge >= 0.3 is 0 Å². The summed E-state index contributed by atoms with van der Waals surface area (Å²) in [6.07, 6.45) is 2.84. The molecule has 9 nitrogen and oxygen atoms in total. The lowest BCUT2D eigenvalue weighted by atomic mass is 9.90. The molecule has 37 heavy (non-hydrogen) atoms. The first kappa shape index (κ1) is 23.5. The SMILES string of the molecule is Cc1oc2cc(Oc3ccnn4cc(C(=O)N5C[C@@H](O)[C@@H]5C)c(C)c34)ccc2c1C(=O)N[C@H]1CC[C@H]1F. The molecule has 0 spiro atoms. The molecule has 1 saturated heterocycles. The average Bonchev–Trinajstić information content (AvgIpc) is 3.40. The maximum atomic E-state index is 13.6. The van der Waals surface area contributed by atoms with Crippen LogP contribution in [-0.4, -0.2) is 62.3 Å². The molecule has 3 aromatic heterocycles. The molecule has 10 heteroatoms. The number of furan rings is 1. The number of nitrogens with zero attached hydrogens (tertiary/aromatic N) is 3. The van der Waals surface area contributed by atoms with Crippen molar-refractivity contribution in [2.24, 2.45) is 0 Å². The number of alkyl halides is 1. The topological polar surface area (TPSA) is 109 Å². The van der Waals surface area contributed by atoms with E-state index in [0.717, 1.165) is 5.56 Å².